The SMILES string of the molecule is O=C(NCc1ccccn1)C1=CC(C(F)(F)F)NN1c1ccccc1Cl. The molecule has 0 spiro atoms. The maximum absolute atomic E-state index is 13.1. The standard InChI is InChI=1S/C17H14ClF3N4O/c18-12-6-1-2-7-13(12)25-14(9-15(24-25)17(19,20)21)16(26)23-10-11-5-3-4-8-22-11/h1-9,15,24H,10H2,(H,23,26). The lowest BCUT2D eigenvalue weighted by Crippen LogP contribution is -2.46. The van der Waals surface area contributed by atoms with Crippen LogP contribution >= 0.6 is 11.6 Å². The molecule has 0 aliphatic carbocycles. The average molecular weight is 383 g/mol. The van der Waals surface area contributed by atoms with Crippen LogP contribution < -0.4 is 15.8 Å². The number of benzene rings is 1. The first-order chi connectivity index (χ1) is 12.4. The second kappa shape index (κ2) is 7.35. The number of carbonyl (C=O) groups excluding carboxylic acids is 1. The number of anilines is 1. The number of hydrogen-bond donors (Lipinski definition) is 2. The van der Waals surface area contributed by atoms with Crippen LogP contribution in [0.15, 0.2) is 60.4 Å². The normalized spacial score (nSPS) is 17.2. The van der Waals surface area contributed by atoms with Gasteiger partial charge in [-0.15, -0.1) is 0 Å². The van der Waals surface area contributed by atoms with E-state index in [2.05, 4.69) is 15.7 Å². The van der Waals surface area contributed by atoms with Crippen LogP contribution in [0.2, 0.25) is 5.02 Å². The van der Waals surface area contributed by atoms with Gasteiger partial charge in [0.25, 0.3) is 5.91 Å². The number of amides is 1. The van der Waals surface area contributed by atoms with Crippen molar-refractivity contribution in [2.75, 3.05) is 5.01 Å². The van der Waals surface area contributed by atoms with E-state index >= 15 is 0 Å². The Balaban J connectivity index is 1.84. The minimum atomic E-state index is -4.55. The number of halogens is 4. The second-order valence-corrected chi connectivity index (χ2v) is 5.90. The molecule has 5 nitrogen and oxygen atoms in total. The third-order valence-electron chi connectivity index (χ3n) is 3.67. The Bertz CT molecular complexity index is 826. The van der Waals surface area contributed by atoms with Crippen molar-refractivity contribution in [1.29, 1.82) is 0 Å². The fourth-order valence-corrected chi connectivity index (χ4v) is 2.64. The molecular formula is C17H14ClF3N4O. The molecule has 136 valence electrons. The molecule has 1 atom stereocenters. The number of carbonyl (C=O) groups is 1. The lowest BCUT2D eigenvalue weighted by molar-refractivity contribution is -0.142. The van der Waals surface area contributed by atoms with E-state index in [9.17, 15) is 18.0 Å². The number of nitrogens with zero attached hydrogens (tertiary/aromatic N) is 2. The summed E-state index contributed by atoms with van der Waals surface area (Å²) < 4.78 is 39.4. The van der Waals surface area contributed by atoms with E-state index in [-0.39, 0.29) is 23.0 Å². The van der Waals surface area contributed by atoms with E-state index in [0.29, 0.717) is 5.69 Å². The van der Waals surface area contributed by atoms with Crippen molar-refractivity contribution in [2.45, 2.75) is 18.8 Å². The third-order valence-corrected chi connectivity index (χ3v) is 3.99. The maximum Gasteiger partial charge on any atom is 0.409 e. The van der Waals surface area contributed by atoms with Crippen molar-refractivity contribution >= 4 is 23.2 Å². The minimum absolute atomic E-state index is 0.0874. The van der Waals surface area contributed by atoms with Gasteiger partial charge in [-0.05, 0) is 30.3 Å². The van der Waals surface area contributed by atoms with E-state index in [0.717, 1.165) is 11.1 Å². The van der Waals surface area contributed by atoms with Crippen molar-refractivity contribution in [1.82, 2.24) is 15.7 Å². The Morgan fingerprint density at radius 1 is 1.23 bits per heavy atom. The van der Waals surface area contributed by atoms with E-state index in [1.807, 2.05) is 0 Å². The number of para-hydroxylation sites is 1. The molecule has 1 amide bonds. The van der Waals surface area contributed by atoms with Crippen LogP contribution in [-0.2, 0) is 11.3 Å². The zero-order valence-corrected chi connectivity index (χ0v) is 14.1. The number of hydrazine groups is 1. The summed E-state index contributed by atoms with van der Waals surface area (Å²) in [4.78, 5) is 16.5. The molecule has 2 aromatic rings. The maximum atomic E-state index is 13.1. The summed E-state index contributed by atoms with van der Waals surface area (Å²) in [6.07, 6.45) is -2.16. The number of hydrogen-bond acceptors (Lipinski definition) is 4. The highest BCUT2D eigenvalue weighted by Gasteiger charge is 2.45. The topological polar surface area (TPSA) is 57.3 Å². The van der Waals surface area contributed by atoms with Crippen molar-refractivity contribution in [3.63, 3.8) is 0 Å². The zero-order valence-electron chi connectivity index (χ0n) is 13.3. The highest BCUT2D eigenvalue weighted by Crippen LogP contribution is 2.33. The Morgan fingerprint density at radius 2 is 1.96 bits per heavy atom. The average Bonchev–Trinajstić information content (AvgIpc) is 3.06. The van der Waals surface area contributed by atoms with Crippen LogP contribution in [-0.4, -0.2) is 23.1 Å². The first-order valence-electron chi connectivity index (χ1n) is 7.64. The van der Waals surface area contributed by atoms with Crippen LogP contribution in [0, 0.1) is 0 Å². The number of nitrogens with one attached hydrogen (secondary N) is 2. The van der Waals surface area contributed by atoms with E-state index in [4.69, 9.17) is 11.6 Å². The first kappa shape index (κ1) is 18.2. The summed E-state index contributed by atoms with van der Waals surface area (Å²) in [5.41, 5.74) is 2.93. The largest absolute Gasteiger partial charge is 0.409 e. The van der Waals surface area contributed by atoms with Gasteiger partial charge in [-0.2, -0.15) is 13.2 Å². The number of pyridine rings is 1. The molecule has 0 saturated carbocycles. The quantitative estimate of drug-likeness (QED) is 0.852. The fraction of sp³-hybridized carbons (Fsp3) is 0.176. The second-order valence-electron chi connectivity index (χ2n) is 5.49. The van der Waals surface area contributed by atoms with Crippen LogP contribution in [0.3, 0.4) is 0 Å². The van der Waals surface area contributed by atoms with Crippen molar-refractivity contribution in [3.8, 4) is 0 Å². The smallest absolute Gasteiger partial charge is 0.345 e. The third kappa shape index (κ3) is 3.97. The molecule has 1 aromatic heterocycles. The fourth-order valence-electron chi connectivity index (χ4n) is 2.42. The Kier molecular flexibility index (Phi) is 5.15. The molecule has 0 fully saturated rings. The lowest BCUT2D eigenvalue weighted by atomic mass is 10.2. The van der Waals surface area contributed by atoms with Crippen molar-refractivity contribution < 1.29 is 18.0 Å². The van der Waals surface area contributed by atoms with Crippen LogP contribution in [0.25, 0.3) is 0 Å². The molecule has 0 bridgehead atoms. The monoisotopic (exact) mass is 382 g/mol. The summed E-state index contributed by atoms with van der Waals surface area (Å²) in [6, 6.07) is 9.50. The van der Waals surface area contributed by atoms with Crippen LogP contribution in [0.1, 0.15) is 5.69 Å². The summed E-state index contributed by atoms with van der Waals surface area (Å²) >= 11 is 6.08. The van der Waals surface area contributed by atoms with Gasteiger partial charge in [-0.1, -0.05) is 29.8 Å². The van der Waals surface area contributed by atoms with Gasteiger partial charge in [0, 0.05) is 6.20 Å². The summed E-state index contributed by atoms with van der Waals surface area (Å²) in [7, 11) is 0. The molecular weight excluding hydrogens is 369 g/mol. The zero-order chi connectivity index (χ0) is 18.7. The van der Waals surface area contributed by atoms with Gasteiger partial charge >= 0.3 is 6.18 Å². The molecule has 26 heavy (non-hydrogen) atoms. The Hall–Kier alpha value is -2.58. The highest BCUT2D eigenvalue weighted by atomic mass is 35.5. The van der Waals surface area contributed by atoms with Gasteiger partial charge in [-0.3, -0.25) is 14.8 Å². The van der Waals surface area contributed by atoms with Gasteiger partial charge in [-0.25, -0.2) is 5.43 Å². The van der Waals surface area contributed by atoms with Crippen LogP contribution in [0.4, 0.5) is 18.9 Å². The van der Waals surface area contributed by atoms with Crippen molar-refractivity contribution in [3.05, 3.63) is 71.2 Å². The van der Waals surface area contributed by atoms with Gasteiger partial charge in [0.1, 0.15) is 11.7 Å². The molecule has 1 unspecified atom stereocenters. The summed E-state index contributed by atoms with van der Waals surface area (Å²) in [6.45, 7) is 0.0874. The molecule has 0 radical (unpaired) electrons. The van der Waals surface area contributed by atoms with E-state index in [1.54, 1.807) is 36.5 Å². The molecule has 0 saturated heterocycles. The van der Waals surface area contributed by atoms with Crippen LogP contribution in [0.5, 0.6) is 0 Å². The van der Waals surface area contributed by atoms with E-state index in [1.165, 1.54) is 12.1 Å². The number of aromatic nitrogens is 1. The Labute approximate surface area is 152 Å². The highest BCUT2D eigenvalue weighted by molar-refractivity contribution is 6.33. The molecule has 2 N–H and O–H groups in total. The van der Waals surface area contributed by atoms with Gasteiger partial charge in [0.15, 0.2) is 0 Å². The number of rotatable bonds is 4. The molecule has 1 aromatic carbocycles. The molecule has 1 aliphatic heterocycles. The predicted molar refractivity (Wildman–Crippen MR) is 91.1 cm³/mol. The van der Waals surface area contributed by atoms with Gasteiger partial charge < -0.3 is 5.32 Å². The molecule has 9 heteroatoms. The predicted octanol–water partition coefficient (Wildman–Crippen LogP) is 3.19. The van der Waals surface area contributed by atoms with E-state index < -0.39 is 18.1 Å². The van der Waals surface area contributed by atoms with Crippen molar-refractivity contribution in [2.24, 2.45) is 0 Å². The Morgan fingerprint density at radius 3 is 2.62 bits per heavy atom. The molecule has 2 heterocycles. The summed E-state index contributed by atoms with van der Waals surface area (Å²) in [5.74, 6) is -0.671. The lowest BCUT2D eigenvalue weighted by Gasteiger charge is -2.25. The van der Waals surface area contributed by atoms with Gasteiger partial charge in [0.2, 0.25) is 0 Å². The number of alkyl halides is 3. The summed E-state index contributed by atoms with van der Waals surface area (Å²) in [5, 5.41) is 3.83. The molecule has 3 rings (SSSR count). The first-order valence-corrected chi connectivity index (χ1v) is 8.01. The minimum Gasteiger partial charge on any atom is -0.345 e. The molecule has 1 aliphatic rings. The van der Waals surface area contributed by atoms with Gasteiger partial charge in [0.05, 0.1) is 22.9 Å².